The highest BCUT2D eigenvalue weighted by Crippen LogP contribution is 2.26. The zero-order valence-corrected chi connectivity index (χ0v) is 12.6. The summed E-state index contributed by atoms with van der Waals surface area (Å²) in [6, 6.07) is 7.71. The van der Waals surface area contributed by atoms with Gasteiger partial charge in [0, 0.05) is 11.1 Å². The van der Waals surface area contributed by atoms with Crippen molar-refractivity contribution in [1.29, 1.82) is 0 Å². The molecule has 0 N–H and O–H groups in total. The van der Waals surface area contributed by atoms with Crippen LogP contribution in [0.15, 0.2) is 24.3 Å². The maximum absolute atomic E-state index is 11.8. The molecule has 1 rings (SSSR count). The lowest BCUT2D eigenvalue weighted by molar-refractivity contribution is -0.144. The first-order valence-corrected chi connectivity index (χ1v) is 7.15. The second-order valence-electron chi connectivity index (χ2n) is 4.30. The number of ether oxygens (including phenoxy) is 1. The molecule has 1 atom stereocenters. The zero-order chi connectivity index (χ0) is 14.3. The van der Waals surface area contributed by atoms with Gasteiger partial charge in [-0.3, -0.25) is 9.69 Å². The van der Waals surface area contributed by atoms with Crippen molar-refractivity contribution in [3.63, 3.8) is 0 Å². The fourth-order valence-corrected chi connectivity index (χ4v) is 2.41. The highest BCUT2D eigenvalue weighted by atomic mass is 35.5. The molecule has 0 aromatic heterocycles. The fraction of sp³-hybridized carbons (Fsp3) is 0.533. The summed E-state index contributed by atoms with van der Waals surface area (Å²) in [4.78, 5) is 14.0. The Morgan fingerprint density at radius 1 is 1.32 bits per heavy atom. The first kappa shape index (κ1) is 16.0. The summed E-state index contributed by atoms with van der Waals surface area (Å²) in [6.07, 6.45) is 0.357. The van der Waals surface area contributed by atoms with Crippen molar-refractivity contribution < 1.29 is 9.53 Å². The zero-order valence-electron chi connectivity index (χ0n) is 11.9. The lowest BCUT2D eigenvalue weighted by Gasteiger charge is -2.29. The summed E-state index contributed by atoms with van der Waals surface area (Å²) in [5.41, 5.74) is 1.06. The maximum atomic E-state index is 11.8. The van der Waals surface area contributed by atoms with E-state index in [2.05, 4.69) is 18.7 Å². The molecule has 106 valence electrons. The van der Waals surface area contributed by atoms with Crippen LogP contribution in [0.2, 0.25) is 5.02 Å². The third-order valence-corrected chi connectivity index (χ3v) is 3.39. The standard InChI is InChI=1S/C15H22ClNO2/c1-4-17(5-2)14(11-15(18)19-6-3)12-8-7-9-13(16)10-12/h7-10,14H,4-6,11H2,1-3H3/t14-/m0/s1. The quantitative estimate of drug-likeness (QED) is 0.715. The lowest BCUT2D eigenvalue weighted by Crippen LogP contribution is -2.30. The predicted molar refractivity (Wildman–Crippen MR) is 78.4 cm³/mol. The van der Waals surface area contributed by atoms with Crippen LogP contribution in [-0.4, -0.2) is 30.6 Å². The molecule has 0 aliphatic heterocycles. The normalized spacial score (nSPS) is 12.5. The molecule has 0 heterocycles. The van der Waals surface area contributed by atoms with Gasteiger partial charge in [-0.2, -0.15) is 0 Å². The highest BCUT2D eigenvalue weighted by molar-refractivity contribution is 6.30. The van der Waals surface area contributed by atoms with Gasteiger partial charge in [0.05, 0.1) is 13.0 Å². The molecule has 1 aromatic rings. The van der Waals surface area contributed by atoms with Crippen molar-refractivity contribution in [3.8, 4) is 0 Å². The number of carbonyl (C=O) groups is 1. The Kier molecular flexibility index (Phi) is 6.89. The van der Waals surface area contributed by atoms with Gasteiger partial charge < -0.3 is 4.74 Å². The van der Waals surface area contributed by atoms with Gasteiger partial charge in [-0.15, -0.1) is 0 Å². The molecule has 1 aromatic carbocycles. The van der Waals surface area contributed by atoms with Gasteiger partial charge in [-0.25, -0.2) is 0 Å². The Labute approximate surface area is 120 Å². The molecule has 4 heteroatoms. The largest absolute Gasteiger partial charge is 0.466 e. The number of hydrogen-bond acceptors (Lipinski definition) is 3. The molecule has 19 heavy (non-hydrogen) atoms. The number of rotatable bonds is 7. The SMILES string of the molecule is CCOC(=O)C[C@@H](c1cccc(Cl)c1)N(CC)CC. The van der Waals surface area contributed by atoms with Gasteiger partial charge in [0.15, 0.2) is 0 Å². The van der Waals surface area contributed by atoms with E-state index in [1.54, 1.807) is 0 Å². The maximum Gasteiger partial charge on any atom is 0.307 e. The van der Waals surface area contributed by atoms with Gasteiger partial charge >= 0.3 is 5.97 Å². The number of carbonyl (C=O) groups excluding carboxylic acids is 1. The summed E-state index contributed by atoms with van der Waals surface area (Å²) in [5, 5.41) is 0.693. The monoisotopic (exact) mass is 283 g/mol. The van der Waals surface area contributed by atoms with Crippen molar-refractivity contribution in [2.45, 2.75) is 33.2 Å². The van der Waals surface area contributed by atoms with Crippen LogP contribution in [-0.2, 0) is 9.53 Å². The van der Waals surface area contributed by atoms with Gasteiger partial charge in [-0.1, -0.05) is 37.6 Å². The topological polar surface area (TPSA) is 29.5 Å². The molecular formula is C15H22ClNO2. The van der Waals surface area contributed by atoms with Crippen LogP contribution in [0.25, 0.3) is 0 Å². The number of halogens is 1. The molecular weight excluding hydrogens is 262 g/mol. The summed E-state index contributed by atoms with van der Waals surface area (Å²) in [7, 11) is 0. The molecule has 0 unspecified atom stereocenters. The minimum atomic E-state index is -0.167. The Bertz CT molecular complexity index is 405. The molecule has 0 saturated carbocycles. The van der Waals surface area contributed by atoms with Crippen LogP contribution >= 0.6 is 11.6 Å². The molecule has 0 bridgehead atoms. The average Bonchev–Trinajstić information content (AvgIpc) is 2.39. The molecule has 0 amide bonds. The molecule has 3 nitrogen and oxygen atoms in total. The second kappa shape index (κ2) is 8.18. The van der Waals surface area contributed by atoms with Crippen LogP contribution in [0.3, 0.4) is 0 Å². The number of benzene rings is 1. The Hall–Kier alpha value is -1.06. The van der Waals surface area contributed by atoms with Crippen LogP contribution < -0.4 is 0 Å². The third-order valence-electron chi connectivity index (χ3n) is 3.15. The van der Waals surface area contributed by atoms with Gasteiger partial charge in [0.25, 0.3) is 0 Å². The van der Waals surface area contributed by atoms with E-state index in [0.717, 1.165) is 18.7 Å². The smallest absolute Gasteiger partial charge is 0.307 e. The van der Waals surface area contributed by atoms with Crippen molar-refractivity contribution in [2.75, 3.05) is 19.7 Å². The molecule has 0 fully saturated rings. The van der Waals surface area contributed by atoms with Gasteiger partial charge in [0.2, 0.25) is 0 Å². The van der Waals surface area contributed by atoms with Crippen LogP contribution in [0, 0.1) is 0 Å². The minimum absolute atomic E-state index is 0.0211. The molecule has 0 radical (unpaired) electrons. The summed E-state index contributed by atoms with van der Waals surface area (Å²) in [5.74, 6) is -0.167. The van der Waals surface area contributed by atoms with E-state index in [1.807, 2.05) is 31.2 Å². The Morgan fingerprint density at radius 2 is 2.00 bits per heavy atom. The van der Waals surface area contributed by atoms with E-state index >= 15 is 0 Å². The van der Waals surface area contributed by atoms with Crippen molar-refractivity contribution >= 4 is 17.6 Å². The van der Waals surface area contributed by atoms with Crippen LogP contribution in [0.4, 0.5) is 0 Å². The van der Waals surface area contributed by atoms with Crippen LogP contribution in [0.5, 0.6) is 0 Å². The molecule has 0 saturated heterocycles. The van der Waals surface area contributed by atoms with E-state index in [0.29, 0.717) is 18.1 Å². The highest BCUT2D eigenvalue weighted by Gasteiger charge is 2.22. The molecule has 0 aliphatic carbocycles. The predicted octanol–water partition coefficient (Wildman–Crippen LogP) is 3.68. The molecule has 0 spiro atoms. The van der Waals surface area contributed by atoms with Gasteiger partial charge in [0.1, 0.15) is 0 Å². The number of hydrogen-bond donors (Lipinski definition) is 0. The van der Waals surface area contributed by atoms with Crippen molar-refractivity contribution in [1.82, 2.24) is 4.90 Å². The van der Waals surface area contributed by atoms with E-state index in [4.69, 9.17) is 16.3 Å². The van der Waals surface area contributed by atoms with Crippen molar-refractivity contribution in [3.05, 3.63) is 34.9 Å². The number of nitrogens with zero attached hydrogens (tertiary/aromatic N) is 1. The first-order chi connectivity index (χ1) is 9.12. The summed E-state index contributed by atoms with van der Waals surface area (Å²) < 4.78 is 5.06. The van der Waals surface area contributed by atoms with Gasteiger partial charge in [-0.05, 0) is 37.7 Å². The van der Waals surface area contributed by atoms with Crippen molar-refractivity contribution in [2.24, 2.45) is 0 Å². The van der Waals surface area contributed by atoms with E-state index in [9.17, 15) is 4.79 Å². The van der Waals surface area contributed by atoms with E-state index < -0.39 is 0 Å². The Morgan fingerprint density at radius 3 is 2.53 bits per heavy atom. The second-order valence-corrected chi connectivity index (χ2v) is 4.74. The fourth-order valence-electron chi connectivity index (χ4n) is 2.21. The Balaban J connectivity index is 2.94. The van der Waals surface area contributed by atoms with E-state index in [1.165, 1.54) is 0 Å². The third kappa shape index (κ3) is 4.84. The minimum Gasteiger partial charge on any atom is -0.466 e. The summed E-state index contributed by atoms with van der Waals surface area (Å²) in [6.45, 7) is 8.18. The average molecular weight is 284 g/mol. The summed E-state index contributed by atoms with van der Waals surface area (Å²) >= 11 is 6.04. The number of esters is 1. The van der Waals surface area contributed by atoms with Crippen LogP contribution in [0.1, 0.15) is 38.8 Å². The molecule has 0 aliphatic rings. The van der Waals surface area contributed by atoms with E-state index in [-0.39, 0.29) is 12.0 Å². The first-order valence-electron chi connectivity index (χ1n) is 6.77. The lowest BCUT2D eigenvalue weighted by atomic mass is 10.0.